The number of carbonyl (C=O) groups excluding carboxylic acids is 1. The van der Waals surface area contributed by atoms with Gasteiger partial charge < -0.3 is 5.73 Å². The van der Waals surface area contributed by atoms with Crippen LogP contribution >= 0.6 is 0 Å². The summed E-state index contributed by atoms with van der Waals surface area (Å²) >= 11 is 0. The van der Waals surface area contributed by atoms with Gasteiger partial charge in [0, 0.05) is 0 Å². The summed E-state index contributed by atoms with van der Waals surface area (Å²) in [6.45, 7) is 6.09. The SMILES string of the molecule is C=CC(N)=O.C=CC[O]. The standard InChI is InChI=1S/C3H5NO.C3H5O/c1-2-3(4)5;1-2-3-4/h2H,1H2,(H2,4,5);2H,1,3H2. The molecule has 0 atom stereocenters. The van der Waals surface area contributed by atoms with Crippen molar-refractivity contribution < 1.29 is 9.90 Å². The molecule has 9 heavy (non-hydrogen) atoms. The fourth-order valence-corrected chi connectivity index (χ4v) is 0. The van der Waals surface area contributed by atoms with Gasteiger partial charge in [0.1, 0.15) is 6.61 Å². The van der Waals surface area contributed by atoms with E-state index in [9.17, 15) is 9.90 Å². The third-order valence-electron chi connectivity index (χ3n) is 0.319. The topological polar surface area (TPSA) is 63.0 Å². The molecule has 0 aromatic heterocycles. The van der Waals surface area contributed by atoms with Gasteiger partial charge in [-0.05, 0) is 6.08 Å². The first kappa shape index (κ1) is 10.8. The Labute approximate surface area is 54.5 Å². The number of hydrogen-bond donors (Lipinski definition) is 1. The van der Waals surface area contributed by atoms with Gasteiger partial charge in [-0.3, -0.25) is 4.79 Å². The summed E-state index contributed by atoms with van der Waals surface area (Å²) in [5.74, 6) is -0.481. The Morgan fingerprint density at radius 1 is 1.56 bits per heavy atom. The molecule has 0 unspecified atom stereocenters. The first-order valence-corrected chi connectivity index (χ1v) is 2.29. The van der Waals surface area contributed by atoms with E-state index in [-0.39, 0.29) is 6.61 Å². The average Bonchev–Trinajstić information content (AvgIpc) is 1.89. The van der Waals surface area contributed by atoms with E-state index in [0.717, 1.165) is 6.08 Å². The number of hydrogen-bond acceptors (Lipinski definition) is 1. The Bertz CT molecular complexity index is 99.2. The quantitative estimate of drug-likeness (QED) is 0.420. The number of amides is 1. The molecule has 3 nitrogen and oxygen atoms in total. The van der Waals surface area contributed by atoms with Crippen LogP contribution in [0.25, 0.3) is 0 Å². The molecule has 0 aromatic rings. The fourth-order valence-electron chi connectivity index (χ4n) is 0. The summed E-state index contributed by atoms with van der Waals surface area (Å²) in [5.41, 5.74) is 4.53. The maximum absolute atomic E-state index is 9.47. The number of nitrogens with two attached hydrogens (primary N) is 1. The van der Waals surface area contributed by atoms with Crippen LogP contribution in [0.4, 0.5) is 0 Å². The maximum atomic E-state index is 9.47. The first-order valence-electron chi connectivity index (χ1n) is 2.29. The minimum atomic E-state index is -0.481. The van der Waals surface area contributed by atoms with E-state index in [0.29, 0.717) is 0 Å². The summed E-state index contributed by atoms with van der Waals surface area (Å²) < 4.78 is 0. The van der Waals surface area contributed by atoms with Gasteiger partial charge in [0.05, 0.1) is 0 Å². The van der Waals surface area contributed by atoms with Gasteiger partial charge in [0.25, 0.3) is 0 Å². The van der Waals surface area contributed by atoms with Crippen LogP contribution in [0.15, 0.2) is 25.3 Å². The molecule has 0 fully saturated rings. The molecule has 0 aromatic carbocycles. The number of primary amides is 1. The largest absolute Gasteiger partial charge is 0.366 e. The molecular formula is C6H10NO2. The number of rotatable bonds is 2. The summed E-state index contributed by atoms with van der Waals surface area (Å²) in [6, 6.07) is 0. The van der Waals surface area contributed by atoms with E-state index >= 15 is 0 Å². The third-order valence-corrected chi connectivity index (χ3v) is 0.319. The molecule has 0 saturated heterocycles. The molecule has 3 heteroatoms. The van der Waals surface area contributed by atoms with Crippen LogP contribution in [0.2, 0.25) is 0 Å². The molecule has 0 rings (SSSR count). The van der Waals surface area contributed by atoms with Gasteiger partial charge in [-0.25, -0.2) is 5.11 Å². The summed E-state index contributed by atoms with van der Waals surface area (Å²) in [4.78, 5) is 9.47. The lowest BCUT2D eigenvalue weighted by Gasteiger charge is -1.65. The van der Waals surface area contributed by atoms with Crippen molar-refractivity contribution in [1.82, 2.24) is 0 Å². The molecule has 1 amide bonds. The Hall–Kier alpha value is -1.09. The zero-order valence-electron chi connectivity index (χ0n) is 5.17. The molecule has 0 aliphatic heterocycles. The van der Waals surface area contributed by atoms with Crippen molar-refractivity contribution >= 4 is 5.91 Å². The molecule has 0 aliphatic carbocycles. The monoisotopic (exact) mass is 128 g/mol. The zero-order chi connectivity index (χ0) is 7.70. The maximum Gasteiger partial charge on any atom is 0.240 e. The highest BCUT2D eigenvalue weighted by Gasteiger charge is 1.69. The Morgan fingerprint density at radius 3 is 1.78 bits per heavy atom. The molecule has 0 saturated carbocycles. The van der Waals surface area contributed by atoms with E-state index in [2.05, 4.69) is 18.9 Å². The molecule has 0 bridgehead atoms. The first-order chi connectivity index (χ1) is 4.18. The Balaban J connectivity index is 0. The normalized spacial score (nSPS) is 6.33. The zero-order valence-corrected chi connectivity index (χ0v) is 5.17. The minimum absolute atomic E-state index is 0.167. The van der Waals surface area contributed by atoms with E-state index in [1.165, 1.54) is 6.08 Å². The van der Waals surface area contributed by atoms with Crippen LogP contribution in [0, 0.1) is 0 Å². The van der Waals surface area contributed by atoms with Gasteiger partial charge in [-0.15, -0.1) is 6.58 Å². The highest BCUT2D eigenvalue weighted by molar-refractivity contribution is 5.84. The average molecular weight is 128 g/mol. The summed E-state index contributed by atoms with van der Waals surface area (Å²) in [7, 11) is 0. The van der Waals surface area contributed by atoms with Gasteiger partial charge in [0.15, 0.2) is 0 Å². The predicted octanol–water partition coefficient (Wildman–Crippen LogP) is 0.261. The van der Waals surface area contributed by atoms with Gasteiger partial charge in [-0.1, -0.05) is 12.7 Å². The van der Waals surface area contributed by atoms with Crippen molar-refractivity contribution in [2.24, 2.45) is 5.73 Å². The minimum Gasteiger partial charge on any atom is -0.366 e. The molecule has 2 N–H and O–H groups in total. The van der Waals surface area contributed by atoms with Gasteiger partial charge in [-0.2, -0.15) is 0 Å². The Kier molecular flexibility index (Phi) is 12.0. The molecular weight excluding hydrogens is 118 g/mol. The van der Waals surface area contributed by atoms with Gasteiger partial charge >= 0.3 is 0 Å². The fraction of sp³-hybridized carbons (Fsp3) is 0.167. The van der Waals surface area contributed by atoms with Crippen molar-refractivity contribution in [1.29, 1.82) is 0 Å². The van der Waals surface area contributed by atoms with Crippen molar-refractivity contribution in [2.45, 2.75) is 0 Å². The van der Waals surface area contributed by atoms with Crippen LogP contribution < -0.4 is 5.73 Å². The predicted molar refractivity (Wildman–Crippen MR) is 35.1 cm³/mol. The van der Waals surface area contributed by atoms with Crippen molar-refractivity contribution in [2.75, 3.05) is 6.61 Å². The van der Waals surface area contributed by atoms with E-state index < -0.39 is 5.91 Å². The van der Waals surface area contributed by atoms with E-state index in [1.807, 2.05) is 0 Å². The van der Waals surface area contributed by atoms with Crippen molar-refractivity contribution in [3.63, 3.8) is 0 Å². The second kappa shape index (κ2) is 10.0. The van der Waals surface area contributed by atoms with Crippen LogP contribution in [-0.4, -0.2) is 12.5 Å². The van der Waals surface area contributed by atoms with Crippen LogP contribution in [0.3, 0.4) is 0 Å². The summed E-state index contributed by atoms with van der Waals surface area (Å²) in [6.07, 6.45) is 2.38. The van der Waals surface area contributed by atoms with Crippen LogP contribution in [0.1, 0.15) is 0 Å². The van der Waals surface area contributed by atoms with E-state index in [1.54, 1.807) is 0 Å². The number of carbonyl (C=O) groups is 1. The summed E-state index contributed by atoms with van der Waals surface area (Å²) in [5, 5.41) is 9.18. The van der Waals surface area contributed by atoms with E-state index in [4.69, 9.17) is 0 Å². The Morgan fingerprint density at radius 2 is 1.78 bits per heavy atom. The lowest BCUT2D eigenvalue weighted by Crippen LogP contribution is -2.04. The molecule has 0 aliphatic rings. The molecule has 0 spiro atoms. The van der Waals surface area contributed by atoms with Crippen molar-refractivity contribution in [3.8, 4) is 0 Å². The van der Waals surface area contributed by atoms with Crippen LogP contribution in [-0.2, 0) is 9.90 Å². The second-order valence-electron chi connectivity index (χ2n) is 1.06. The molecule has 0 heterocycles. The molecule has 51 valence electrons. The third kappa shape index (κ3) is 45.7. The lowest BCUT2D eigenvalue weighted by molar-refractivity contribution is -0.113. The lowest BCUT2D eigenvalue weighted by atomic mass is 10.6. The smallest absolute Gasteiger partial charge is 0.240 e. The van der Waals surface area contributed by atoms with Crippen LogP contribution in [0.5, 0.6) is 0 Å². The van der Waals surface area contributed by atoms with Crippen molar-refractivity contribution in [3.05, 3.63) is 25.3 Å². The molecule has 1 radical (unpaired) electrons. The second-order valence-corrected chi connectivity index (χ2v) is 1.06. The van der Waals surface area contributed by atoms with Gasteiger partial charge in [0.2, 0.25) is 5.91 Å². The highest BCUT2D eigenvalue weighted by Crippen LogP contribution is 1.49. The highest BCUT2D eigenvalue weighted by atomic mass is 16.2.